The summed E-state index contributed by atoms with van der Waals surface area (Å²) in [6.45, 7) is 1.37. The zero-order valence-electron chi connectivity index (χ0n) is 9.80. The molecule has 1 fully saturated rings. The zero-order valence-corrected chi connectivity index (χ0v) is 10.6. The maximum Gasteiger partial charge on any atom is 0.138 e. The fourth-order valence-corrected chi connectivity index (χ4v) is 2.01. The van der Waals surface area contributed by atoms with Gasteiger partial charge in [0.25, 0.3) is 0 Å². The predicted octanol–water partition coefficient (Wildman–Crippen LogP) is 3.78. The Bertz CT molecular complexity index is 535. The SMILES string of the molecule is Clc1cc(-c2ccccc2)ccc1OC[C@H]1CO1. The molecule has 0 saturated carbocycles. The van der Waals surface area contributed by atoms with Gasteiger partial charge in [0.1, 0.15) is 18.5 Å². The number of ether oxygens (including phenoxy) is 2. The van der Waals surface area contributed by atoms with Crippen molar-refractivity contribution in [3.63, 3.8) is 0 Å². The van der Waals surface area contributed by atoms with Gasteiger partial charge in [-0.15, -0.1) is 0 Å². The average molecular weight is 261 g/mol. The second-order valence-electron chi connectivity index (χ2n) is 4.28. The van der Waals surface area contributed by atoms with Crippen LogP contribution in [0.4, 0.5) is 0 Å². The highest BCUT2D eigenvalue weighted by molar-refractivity contribution is 6.32. The highest BCUT2D eigenvalue weighted by Gasteiger charge is 2.23. The molecule has 18 heavy (non-hydrogen) atoms. The van der Waals surface area contributed by atoms with Crippen LogP contribution >= 0.6 is 11.6 Å². The van der Waals surface area contributed by atoms with Gasteiger partial charge in [0.2, 0.25) is 0 Å². The molecule has 0 aliphatic carbocycles. The molecule has 3 rings (SSSR count). The van der Waals surface area contributed by atoms with Crippen LogP contribution < -0.4 is 4.74 Å². The van der Waals surface area contributed by atoms with Crippen molar-refractivity contribution in [3.05, 3.63) is 53.6 Å². The van der Waals surface area contributed by atoms with E-state index < -0.39 is 0 Å². The standard InChI is InChI=1S/C15H13ClO2/c16-14-8-12(11-4-2-1-3-5-11)6-7-15(14)18-10-13-9-17-13/h1-8,13H,9-10H2/t13-/m1/s1. The Morgan fingerprint density at radius 3 is 2.56 bits per heavy atom. The summed E-state index contributed by atoms with van der Waals surface area (Å²) >= 11 is 6.22. The number of benzene rings is 2. The molecule has 0 bridgehead atoms. The van der Waals surface area contributed by atoms with Crippen LogP contribution in [0.25, 0.3) is 11.1 Å². The van der Waals surface area contributed by atoms with Crippen LogP contribution in [-0.4, -0.2) is 19.3 Å². The number of hydrogen-bond donors (Lipinski definition) is 0. The van der Waals surface area contributed by atoms with Crippen LogP contribution in [0, 0.1) is 0 Å². The Hall–Kier alpha value is -1.51. The van der Waals surface area contributed by atoms with Gasteiger partial charge in [0.05, 0.1) is 11.6 Å². The Labute approximate surface area is 111 Å². The maximum absolute atomic E-state index is 6.22. The Morgan fingerprint density at radius 2 is 1.89 bits per heavy atom. The van der Waals surface area contributed by atoms with E-state index in [1.807, 2.05) is 36.4 Å². The summed E-state index contributed by atoms with van der Waals surface area (Å²) < 4.78 is 10.7. The van der Waals surface area contributed by atoms with E-state index in [0.717, 1.165) is 17.7 Å². The van der Waals surface area contributed by atoms with Crippen LogP contribution in [0.15, 0.2) is 48.5 Å². The minimum absolute atomic E-state index is 0.245. The van der Waals surface area contributed by atoms with E-state index in [1.54, 1.807) is 0 Å². The molecule has 0 radical (unpaired) electrons. The first-order chi connectivity index (χ1) is 8.83. The van der Waals surface area contributed by atoms with Crippen LogP contribution in [0.3, 0.4) is 0 Å². The topological polar surface area (TPSA) is 21.8 Å². The Balaban J connectivity index is 1.79. The van der Waals surface area contributed by atoms with Crippen molar-refractivity contribution in [3.8, 4) is 16.9 Å². The van der Waals surface area contributed by atoms with E-state index in [9.17, 15) is 0 Å². The first-order valence-electron chi connectivity index (χ1n) is 5.92. The highest BCUT2D eigenvalue weighted by Crippen LogP contribution is 2.30. The van der Waals surface area contributed by atoms with E-state index in [2.05, 4.69) is 12.1 Å². The lowest BCUT2D eigenvalue weighted by Crippen LogP contribution is -2.04. The minimum atomic E-state index is 0.245. The van der Waals surface area contributed by atoms with Crippen molar-refractivity contribution in [1.82, 2.24) is 0 Å². The van der Waals surface area contributed by atoms with Gasteiger partial charge in [-0.05, 0) is 23.3 Å². The zero-order chi connectivity index (χ0) is 12.4. The van der Waals surface area contributed by atoms with E-state index in [4.69, 9.17) is 21.1 Å². The van der Waals surface area contributed by atoms with E-state index in [1.165, 1.54) is 0 Å². The van der Waals surface area contributed by atoms with Crippen molar-refractivity contribution < 1.29 is 9.47 Å². The van der Waals surface area contributed by atoms with Gasteiger partial charge >= 0.3 is 0 Å². The Morgan fingerprint density at radius 1 is 1.11 bits per heavy atom. The number of halogens is 1. The lowest BCUT2D eigenvalue weighted by molar-refractivity contribution is 0.263. The van der Waals surface area contributed by atoms with E-state index >= 15 is 0 Å². The summed E-state index contributed by atoms with van der Waals surface area (Å²) in [5.41, 5.74) is 2.24. The molecular formula is C15H13ClO2. The molecule has 1 aliphatic heterocycles. The fraction of sp³-hybridized carbons (Fsp3) is 0.200. The second-order valence-corrected chi connectivity index (χ2v) is 4.68. The van der Waals surface area contributed by atoms with Crippen LogP contribution in [0.1, 0.15) is 0 Å². The van der Waals surface area contributed by atoms with E-state index in [0.29, 0.717) is 17.4 Å². The summed E-state index contributed by atoms with van der Waals surface area (Å²) in [7, 11) is 0. The molecule has 3 heteroatoms. The maximum atomic E-state index is 6.22. The monoisotopic (exact) mass is 260 g/mol. The van der Waals surface area contributed by atoms with Gasteiger partial charge in [0.15, 0.2) is 0 Å². The molecule has 1 heterocycles. The molecule has 1 aliphatic rings. The third-order valence-electron chi connectivity index (χ3n) is 2.87. The van der Waals surface area contributed by atoms with E-state index in [-0.39, 0.29) is 6.10 Å². The van der Waals surface area contributed by atoms with Gasteiger partial charge in [-0.3, -0.25) is 0 Å². The summed E-state index contributed by atoms with van der Waals surface area (Å²) in [5, 5.41) is 0.636. The summed E-state index contributed by atoms with van der Waals surface area (Å²) in [6.07, 6.45) is 0.245. The largest absolute Gasteiger partial charge is 0.489 e. The van der Waals surface area contributed by atoms with Crippen molar-refractivity contribution in [2.24, 2.45) is 0 Å². The summed E-state index contributed by atoms with van der Waals surface area (Å²) in [4.78, 5) is 0. The van der Waals surface area contributed by atoms with Gasteiger partial charge in [0, 0.05) is 0 Å². The first-order valence-corrected chi connectivity index (χ1v) is 6.30. The van der Waals surface area contributed by atoms with Crippen molar-refractivity contribution in [2.45, 2.75) is 6.10 Å². The van der Waals surface area contributed by atoms with Crippen molar-refractivity contribution in [2.75, 3.05) is 13.2 Å². The minimum Gasteiger partial charge on any atom is -0.489 e. The van der Waals surface area contributed by atoms with Crippen LogP contribution in [0.5, 0.6) is 5.75 Å². The highest BCUT2D eigenvalue weighted by atomic mass is 35.5. The molecule has 2 nitrogen and oxygen atoms in total. The molecule has 92 valence electrons. The first kappa shape index (κ1) is 11.6. The quantitative estimate of drug-likeness (QED) is 0.781. The molecule has 0 N–H and O–H groups in total. The molecule has 1 atom stereocenters. The van der Waals surface area contributed by atoms with Crippen molar-refractivity contribution >= 4 is 11.6 Å². The average Bonchev–Trinajstić information content (AvgIpc) is 3.22. The van der Waals surface area contributed by atoms with Gasteiger partial charge in [-0.2, -0.15) is 0 Å². The number of rotatable bonds is 4. The Kier molecular flexibility index (Phi) is 3.22. The molecular weight excluding hydrogens is 248 g/mol. The fourth-order valence-electron chi connectivity index (χ4n) is 1.78. The van der Waals surface area contributed by atoms with Crippen molar-refractivity contribution in [1.29, 1.82) is 0 Å². The molecule has 0 amide bonds. The van der Waals surface area contributed by atoms with Gasteiger partial charge in [-0.25, -0.2) is 0 Å². The number of hydrogen-bond acceptors (Lipinski definition) is 2. The number of epoxide rings is 1. The molecule has 0 aromatic heterocycles. The van der Waals surface area contributed by atoms with Crippen LogP contribution in [-0.2, 0) is 4.74 Å². The lowest BCUT2D eigenvalue weighted by atomic mass is 10.1. The molecule has 0 unspecified atom stereocenters. The smallest absolute Gasteiger partial charge is 0.138 e. The summed E-state index contributed by atoms with van der Waals surface area (Å²) in [5.74, 6) is 0.715. The van der Waals surface area contributed by atoms with Gasteiger partial charge < -0.3 is 9.47 Å². The molecule has 1 saturated heterocycles. The second kappa shape index (κ2) is 5.01. The molecule has 2 aromatic carbocycles. The molecule has 2 aromatic rings. The van der Waals surface area contributed by atoms with Gasteiger partial charge in [-0.1, -0.05) is 48.0 Å². The lowest BCUT2D eigenvalue weighted by Gasteiger charge is -2.08. The third-order valence-corrected chi connectivity index (χ3v) is 3.16. The predicted molar refractivity (Wildman–Crippen MR) is 72.1 cm³/mol. The molecule has 0 spiro atoms. The summed E-state index contributed by atoms with van der Waals surface area (Å²) in [6, 6.07) is 16.0. The normalized spacial score (nSPS) is 17.5. The van der Waals surface area contributed by atoms with Crippen LogP contribution in [0.2, 0.25) is 5.02 Å². The third kappa shape index (κ3) is 2.66.